The van der Waals surface area contributed by atoms with Crippen molar-refractivity contribution in [3.8, 4) is 0 Å². The number of hydrogen-bond acceptors (Lipinski definition) is 3. The number of carbonyl (C=O) groups excluding carboxylic acids is 3. The fourth-order valence-corrected chi connectivity index (χ4v) is 1.94. The smallest absolute Gasteiger partial charge is 0.272 e. The maximum Gasteiger partial charge on any atom is 0.345 e. The van der Waals surface area contributed by atoms with Crippen LogP contribution in [0.2, 0.25) is 0 Å². The molecule has 2 rings (SSSR count). The zero-order valence-corrected chi connectivity index (χ0v) is 11.3. The highest BCUT2D eigenvalue weighted by molar-refractivity contribution is 6.04. The summed E-state index contributed by atoms with van der Waals surface area (Å²) in [7, 11) is 0. The first kappa shape index (κ1) is 14.0. The molecule has 20 heavy (non-hydrogen) atoms. The van der Waals surface area contributed by atoms with Gasteiger partial charge in [0.05, 0.1) is 0 Å². The predicted octanol–water partition coefficient (Wildman–Crippen LogP) is 1.40. The minimum Gasteiger partial charge on any atom is -0.272 e. The average Bonchev–Trinajstić information content (AvgIpc) is 2.72. The standard InChI is InChI=1S/C14H17N3O3/c1-2-3-9-16-12(18)10-17(14(16)20)15-13(19)11-7-5-4-6-8-11/h4-8H,2-3,9-10H2,1H3,(H,15,19). The number of rotatable bonds is 5. The molecule has 0 bridgehead atoms. The summed E-state index contributed by atoms with van der Waals surface area (Å²) in [5.41, 5.74) is 2.91. The van der Waals surface area contributed by atoms with Gasteiger partial charge in [-0.25, -0.2) is 9.80 Å². The van der Waals surface area contributed by atoms with Gasteiger partial charge in [0.2, 0.25) is 0 Å². The SMILES string of the molecule is CCCCN1C(=O)CN(NC(=O)c2ccccc2)C1=O. The highest BCUT2D eigenvalue weighted by atomic mass is 16.2. The lowest BCUT2D eigenvalue weighted by Gasteiger charge is -2.17. The number of carbonyl (C=O) groups is 3. The fourth-order valence-electron chi connectivity index (χ4n) is 1.94. The van der Waals surface area contributed by atoms with Crippen LogP contribution in [0.4, 0.5) is 4.79 Å². The first-order valence-corrected chi connectivity index (χ1v) is 6.61. The van der Waals surface area contributed by atoms with Gasteiger partial charge in [0.25, 0.3) is 11.8 Å². The van der Waals surface area contributed by atoms with Crippen LogP contribution in [-0.2, 0) is 4.79 Å². The molecule has 1 aromatic carbocycles. The molecule has 0 spiro atoms. The molecule has 1 heterocycles. The zero-order chi connectivity index (χ0) is 14.5. The monoisotopic (exact) mass is 275 g/mol. The fraction of sp³-hybridized carbons (Fsp3) is 0.357. The molecular weight excluding hydrogens is 258 g/mol. The van der Waals surface area contributed by atoms with E-state index in [9.17, 15) is 14.4 Å². The van der Waals surface area contributed by atoms with Gasteiger partial charge in [0.1, 0.15) is 6.54 Å². The third-order valence-electron chi connectivity index (χ3n) is 3.06. The van der Waals surface area contributed by atoms with Gasteiger partial charge in [-0.3, -0.25) is 19.9 Å². The number of amides is 4. The molecule has 4 amide bonds. The summed E-state index contributed by atoms with van der Waals surface area (Å²) in [4.78, 5) is 36.9. The quantitative estimate of drug-likeness (QED) is 0.826. The van der Waals surface area contributed by atoms with Crippen LogP contribution in [0.1, 0.15) is 30.1 Å². The van der Waals surface area contributed by atoms with E-state index in [-0.39, 0.29) is 12.5 Å². The number of hydrazine groups is 1. The van der Waals surface area contributed by atoms with Crippen LogP contribution < -0.4 is 5.43 Å². The van der Waals surface area contributed by atoms with Crippen molar-refractivity contribution in [1.29, 1.82) is 0 Å². The molecule has 1 saturated heterocycles. The normalized spacial score (nSPS) is 14.8. The van der Waals surface area contributed by atoms with Crippen LogP contribution in [-0.4, -0.2) is 40.8 Å². The Labute approximate surface area is 117 Å². The van der Waals surface area contributed by atoms with Crippen LogP contribution in [0, 0.1) is 0 Å². The van der Waals surface area contributed by atoms with Crippen molar-refractivity contribution in [3.05, 3.63) is 35.9 Å². The van der Waals surface area contributed by atoms with Gasteiger partial charge in [0, 0.05) is 12.1 Å². The Bertz CT molecular complexity index is 516. The first-order chi connectivity index (χ1) is 9.63. The topological polar surface area (TPSA) is 69.7 Å². The minimum absolute atomic E-state index is 0.110. The second-order valence-electron chi connectivity index (χ2n) is 4.57. The summed E-state index contributed by atoms with van der Waals surface area (Å²) >= 11 is 0. The third kappa shape index (κ3) is 2.96. The number of unbranched alkanes of at least 4 members (excludes halogenated alkanes) is 1. The van der Waals surface area contributed by atoms with E-state index >= 15 is 0 Å². The molecule has 1 aromatic rings. The number of imide groups is 1. The molecule has 6 heteroatoms. The molecule has 1 fully saturated rings. The van der Waals surface area contributed by atoms with E-state index < -0.39 is 11.9 Å². The van der Waals surface area contributed by atoms with Crippen molar-refractivity contribution in [2.75, 3.05) is 13.1 Å². The van der Waals surface area contributed by atoms with Crippen LogP contribution in [0.15, 0.2) is 30.3 Å². The van der Waals surface area contributed by atoms with Crippen molar-refractivity contribution in [1.82, 2.24) is 15.3 Å². The summed E-state index contributed by atoms with van der Waals surface area (Å²) in [6.45, 7) is 2.27. The summed E-state index contributed by atoms with van der Waals surface area (Å²) in [5.74, 6) is -0.680. The highest BCUT2D eigenvalue weighted by Crippen LogP contribution is 2.10. The van der Waals surface area contributed by atoms with Crippen molar-refractivity contribution >= 4 is 17.8 Å². The molecule has 1 aliphatic heterocycles. The Morgan fingerprint density at radius 3 is 2.60 bits per heavy atom. The summed E-state index contributed by atoms with van der Waals surface area (Å²) in [6, 6.07) is 8.10. The van der Waals surface area contributed by atoms with Gasteiger partial charge in [-0.2, -0.15) is 0 Å². The predicted molar refractivity (Wildman–Crippen MR) is 72.6 cm³/mol. The maximum atomic E-state index is 12.0. The summed E-state index contributed by atoms with van der Waals surface area (Å²) in [6.07, 6.45) is 1.66. The van der Waals surface area contributed by atoms with E-state index in [0.29, 0.717) is 12.1 Å². The molecule has 1 aliphatic rings. The van der Waals surface area contributed by atoms with E-state index in [1.54, 1.807) is 30.3 Å². The Hall–Kier alpha value is -2.37. The van der Waals surface area contributed by atoms with E-state index in [1.807, 2.05) is 6.92 Å². The van der Waals surface area contributed by atoms with Crippen LogP contribution in [0.3, 0.4) is 0 Å². The van der Waals surface area contributed by atoms with Gasteiger partial charge >= 0.3 is 6.03 Å². The molecule has 106 valence electrons. The lowest BCUT2D eigenvalue weighted by Crippen LogP contribution is -2.45. The van der Waals surface area contributed by atoms with E-state index in [4.69, 9.17) is 0 Å². The molecule has 0 atom stereocenters. The lowest BCUT2D eigenvalue weighted by atomic mass is 10.2. The van der Waals surface area contributed by atoms with Crippen molar-refractivity contribution in [2.45, 2.75) is 19.8 Å². The Balaban J connectivity index is 1.99. The summed E-state index contributed by atoms with van der Waals surface area (Å²) in [5, 5.41) is 1.06. The Kier molecular flexibility index (Phi) is 4.34. The van der Waals surface area contributed by atoms with Crippen molar-refractivity contribution < 1.29 is 14.4 Å². The number of benzene rings is 1. The minimum atomic E-state index is -0.465. The van der Waals surface area contributed by atoms with Gasteiger partial charge in [0.15, 0.2) is 0 Å². The van der Waals surface area contributed by atoms with E-state index in [1.165, 1.54) is 4.90 Å². The maximum absolute atomic E-state index is 12.0. The van der Waals surface area contributed by atoms with E-state index in [0.717, 1.165) is 17.9 Å². The molecule has 0 unspecified atom stereocenters. The van der Waals surface area contributed by atoms with Gasteiger partial charge < -0.3 is 0 Å². The van der Waals surface area contributed by atoms with Crippen LogP contribution in [0.5, 0.6) is 0 Å². The molecule has 1 N–H and O–H groups in total. The van der Waals surface area contributed by atoms with Crippen LogP contribution >= 0.6 is 0 Å². The number of urea groups is 1. The second kappa shape index (κ2) is 6.18. The molecular formula is C14H17N3O3. The number of nitrogens with zero attached hydrogens (tertiary/aromatic N) is 2. The average molecular weight is 275 g/mol. The van der Waals surface area contributed by atoms with Gasteiger partial charge in [-0.15, -0.1) is 0 Å². The van der Waals surface area contributed by atoms with Gasteiger partial charge in [-0.05, 0) is 18.6 Å². The van der Waals surface area contributed by atoms with Crippen molar-refractivity contribution in [2.24, 2.45) is 0 Å². The number of hydrogen-bond donors (Lipinski definition) is 1. The molecule has 0 saturated carbocycles. The number of nitrogens with one attached hydrogen (secondary N) is 1. The molecule has 0 radical (unpaired) electrons. The molecule has 0 aromatic heterocycles. The third-order valence-corrected chi connectivity index (χ3v) is 3.06. The largest absolute Gasteiger partial charge is 0.345 e. The second-order valence-corrected chi connectivity index (χ2v) is 4.57. The highest BCUT2D eigenvalue weighted by Gasteiger charge is 2.36. The molecule has 0 aliphatic carbocycles. The van der Waals surface area contributed by atoms with Gasteiger partial charge in [-0.1, -0.05) is 31.5 Å². The van der Waals surface area contributed by atoms with E-state index in [2.05, 4.69) is 5.43 Å². The first-order valence-electron chi connectivity index (χ1n) is 6.61. The molecule has 6 nitrogen and oxygen atoms in total. The Morgan fingerprint density at radius 1 is 1.25 bits per heavy atom. The summed E-state index contributed by atoms with van der Waals surface area (Å²) < 4.78 is 0. The van der Waals surface area contributed by atoms with Crippen molar-refractivity contribution in [3.63, 3.8) is 0 Å². The Morgan fingerprint density at radius 2 is 1.95 bits per heavy atom. The van der Waals surface area contributed by atoms with Crippen LogP contribution in [0.25, 0.3) is 0 Å². The lowest BCUT2D eigenvalue weighted by molar-refractivity contribution is -0.125. The zero-order valence-electron chi connectivity index (χ0n) is 11.3.